The van der Waals surface area contributed by atoms with Crippen LogP contribution in [-0.4, -0.2) is 60.9 Å². The third kappa shape index (κ3) is 5.57. The van der Waals surface area contributed by atoms with Gasteiger partial charge in [0.2, 0.25) is 11.8 Å². The lowest BCUT2D eigenvalue weighted by Crippen LogP contribution is -2.54. The van der Waals surface area contributed by atoms with Crippen LogP contribution in [0.4, 0.5) is 5.69 Å². The summed E-state index contributed by atoms with van der Waals surface area (Å²) in [7, 11) is 0. The third-order valence-corrected chi connectivity index (χ3v) is 7.70. The minimum atomic E-state index is -0.971. The average Bonchev–Trinajstić information content (AvgIpc) is 3.58. The van der Waals surface area contributed by atoms with Gasteiger partial charge in [-0.3, -0.25) is 39.1 Å². The van der Waals surface area contributed by atoms with Crippen molar-refractivity contribution in [3.8, 4) is 17.3 Å². The zero-order valence-electron chi connectivity index (χ0n) is 23.2. The molecule has 216 valence electrons. The molecule has 2 aromatic heterocycles. The average molecular weight is 577 g/mol. The van der Waals surface area contributed by atoms with Crippen LogP contribution in [0.1, 0.15) is 64.8 Å². The fourth-order valence-corrected chi connectivity index (χ4v) is 5.46. The molecule has 2 aromatic carbocycles. The van der Waals surface area contributed by atoms with E-state index in [0.29, 0.717) is 28.8 Å². The predicted molar refractivity (Wildman–Crippen MR) is 156 cm³/mol. The normalized spacial score (nSPS) is 16.3. The topological polar surface area (TPSA) is 163 Å². The van der Waals surface area contributed by atoms with Crippen LogP contribution in [0.15, 0.2) is 55.0 Å². The Bertz CT molecular complexity index is 1810. The van der Waals surface area contributed by atoms with Crippen molar-refractivity contribution in [3.05, 3.63) is 71.7 Å². The lowest BCUT2D eigenvalue weighted by molar-refractivity contribution is -0.136. The molecule has 1 saturated heterocycles. The molecule has 2 aliphatic heterocycles. The summed E-state index contributed by atoms with van der Waals surface area (Å²) < 4.78 is 1.89. The number of hydrogen-bond donors (Lipinski definition) is 2. The first-order valence-corrected chi connectivity index (χ1v) is 14.2. The van der Waals surface area contributed by atoms with Crippen molar-refractivity contribution in [1.82, 2.24) is 30.0 Å². The lowest BCUT2D eigenvalue weighted by Gasteiger charge is -2.27. The van der Waals surface area contributed by atoms with Gasteiger partial charge in [-0.2, -0.15) is 10.4 Å². The number of benzene rings is 2. The maximum absolute atomic E-state index is 13.0. The van der Waals surface area contributed by atoms with E-state index in [9.17, 15) is 24.4 Å². The van der Waals surface area contributed by atoms with Gasteiger partial charge in [0.05, 0.1) is 40.3 Å². The molecule has 1 fully saturated rings. The summed E-state index contributed by atoms with van der Waals surface area (Å²) in [6.07, 6.45) is 9.51. The Morgan fingerprint density at radius 3 is 2.67 bits per heavy atom. The van der Waals surface area contributed by atoms with Gasteiger partial charge >= 0.3 is 0 Å². The largest absolute Gasteiger partial charge is 0.385 e. The first kappa shape index (κ1) is 27.7. The second-order valence-corrected chi connectivity index (χ2v) is 10.6. The molecule has 0 saturated carbocycles. The number of carbonyl (C=O) groups is 4. The third-order valence-electron chi connectivity index (χ3n) is 7.70. The van der Waals surface area contributed by atoms with Crippen LogP contribution in [0, 0.1) is 11.3 Å². The van der Waals surface area contributed by atoms with Gasteiger partial charge in [-0.15, -0.1) is 0 Å². The highest BCUT2D eigenvalue weighted by molar-refractivity contribution is 6.23. The second-order valence-electron chi connectivity index (χ2n) is 10.6. The van der Waals surface area contributed by atoms with Gasteiger partial charge < -0.3 is 5.32 Å². The highest BCUT2D eigenvalue weighted by Gasteiger charge is 2.44. The predicted octanol–water partition coefficient (Wildman–Crippen LogP) is 3.44. The molecule has 1 atom stereocenters. The number of nitrogens with zero attached hydrogens (tertiary/aromatic N) is 6. The Labute approximate surface area is 246 Å². The van der Waals surface area contributed by atoms with Gasteiger partial charge in [0.25, 0.3) is 11.8 Å². The van der Waals surface area contributed by atoms with Crippen LogP contribution in [0.5, 0.6) is 0 Å². The van der Waals surface area contributed by atoms with E-state index in [0.717, 1.165) is 48.4 Å². The minimum Gasteiger partial charge on any atom is -0.385 e. The van der Waals surface area contributed by atoms with Gasteiger partial charge in [-0.1, -0.05) is 18.9 Å². The first-order valence-electron chi connectivity index (χ1n) is 14.2. The number of unbranched alkanes of at least 4 members (excludes halogenated alkanes) is 3. The van der Waals surface area contributed by atoms with Crippen LogP contribution in [0.2, 0.25) is 0 Å². The van der Waals surface area contributed by atoms with Gasteiger partial charge in [-0.05, 0) is 49.6 Å². The number of piperidine rings is 1. The Morgan fingerprint density at radius 2 is 1.84 bits per heavy atom. The second kappa shape index (κ2) is 11.8. The molecule has 0 aliphatic carbocycles. The van der Waals surface area contributed by atoms with E-state index < -0.39 is 29.7 Å². The van der Waals surface area contributed by atoms with Crippen LogP contribution in [-0.2, 0) is 16.1 Å². The molecule has 4 aromatic rings. The summed E-state index contributed by atoms with van der Waals surface area (Å²) >= 11 is 0. The van der Waals surface area contributed by atoms with E-state index in [1.807, 2.05) is 16.9 Å². The number of rotatable bonds is 10. The van der Waals surface area contributed by atoms with E-state index in [1.54, 1.807) is 42.7 Å². The number of hydrogen-bond acceptors (Lipinski definition) is 9. The summed E-state index contributed by atoms with van der Waals surface area (Å²) in [4.78, 5) is 59.6. The van der Waals surface area contributed by atoms with E-state index in [4.69, 9.17) is 0 Å². The number of fused-ring (bicyclic) bond motifs is 2. The molecule has 4 heterocycles. The molecule has 2 N–H and O–H groups in total. The summed E-state index contributed by atoms with van der Waals surface area (Å²) in [5.74, 6) is -2.04. The molecule has 43 heavy (non-hydrogen) atoms. The smallest absolute Gasteiger partial charge is 0.262 e. The van der Waals surface area contributed by atoms with Crippen LogP contribution in [0.25, 0.3) is 22.3 Å². The summed E-state index contributed by atoms with van der Waals surface area (Å²) in [5, 5.41) is 19.2. The maximum atomic E-state index is 13.0. The Morgan fingerprint density at radius 1 is 1.00 bits per heavy atom. The number of nitrogens with one attached hydrogen (secondary N) is 2. The molecule has 2 aliphatic rings. The summed E-state index contributed by atoms with van der Waals surface area (Å²) in [5.41, 5.74) is 4.60. The lowest BCUT2D eigenvalue weighted by atomic mass is 10.0. The zero-order chi connectivity index (χ0) is 29.9. The monoisotopic (exact) mass is 576 g/mol. The highest BCUT2D eigenvalue weighted by Crippen LogP contribution is 2.29. The number of amides is 4. The summed E-state index contributed by atoms with van der Waals surface area (Å²) in [6.45, 7) is 1.48. The van der Waals surface area contributed by atoms with Crippen molar-refractivity contribution in [2.75, 3.05) is 11.9 Å². The van der Waals surface area contributed by atoms with Crippen molar-refractivity contribution >= 4 is 40.3 Å². The molecule has 12 nitrogen and oxygen atoms in total. The van der Waals surface area contributed by atoms with Crippen molar-refractivity contribution in [3.63, 3.8) is 0 Å². The van der Waals surface area contributed by atoms with Crippen molar-refractivity contribution in [2.45, 2.75) is 51.1 Å². The number of carbonyl (C=O) groups excluding carboxylic acids is 4. The molecule has 0 radical (unpaired) electrons. The molecular formula is C31H28N8O4. The van der Waals surface area contributed by atoms with Crippen LogP contribution >= 0.6 is 0 Å². The molecule has 12 heteroatoms. The Hall–Kier alpha value is -5.44. The fraction of sp³-hybridized carbons (Fsp3) is 0.290. The van der Waals surface area contributed by atoms with Gasteiger partial charge in [0.1, 0.15) is 17.6 Å². The molecule has 1 unspecified atom stereocenters. The first-order chi connectivity index (χ1) is 20.9. The van der Waals surface area contributed by atoms with Gasteiger partial charge in [0.15, 0.2) is 0 Å². The SMILES string of the molecule is N#Cc1cccc2nc(-c3cnn(CCCCCCNc4ccc5c(c4)C(=O)N(C4CCC(=O)NC4=O)C5=O)c3)cnc12. The van der Waals surface area contributed by atoms with Gasteiger partial charge in [0, 0.05) is 37.0 Å². The van der Waals surface area contributed by atoms with E-state index in [2.05, 4.69) is 31.8 Å². The van der Waals surface area contributed by atoms with E-state index >= 15 is 0 Å². The van der Waals surface area contributed by atoms with E-state index in [-0.39, 0.29) is 24.0 Å². The van der Waals surface area contributed by atoms with E-state index in [1.165, 1.54) is 0 Å². The fourth-order valence-electron chi connectivity index (χ4n) is 5.46. The van der Waals surface area contributed by atoms with Crippen molar-refractivity contribution < 1.29 is 19.2 Å². The van der Waals surface area contributed by atoms with Gasteiger partial charge in [-0.25, -0.2) is 4.98 Å². The van der Waals surface area contributed by atoms with Crippen LogP contribution in [0.3, 0.4) is 0 Å². The molecule has 0 spiro atoms. The number of nitriles is 1. The Kier molecular flexibility index (Phi) is 7.61. The molecule has 4 amide bonds. The highest BCUT2D eigenvalue weighted by atomic mass is 16.2. The Balaban J connectivity index is 0.949. The van der Waals surface area contributed by atoms with Crippen LogP contribution < -0.4 is 10.6 Å². The number of aromatic nitrogens is 4. The number of imide groups is 2. The maximum Gasteiger partial charge on any atom is 0.262 e. The number of anilines is 1. The molecule has 0 bridgehead atoms. The minimum absolute atomic E-state index is 0.0890. The number of para-hydroxylation sites is 1. The summed E-state index contributed by atoms with van der Waals surface area (Å²) in [6, 6.07) is 11.6. The number of aryl methyl sites for hydroxylation is 1. The van der Waals surface area contributed by atoms with Crippen molar-refractivity contribution in [1.29, 1.82) is 5.26 Å². The molecule has 6 rings (SSSR count). The zero-order valence-corrected chi connectivity index (χ0v) is 23.2. The standard InChI is InChI=1S/C31H28N8O4/c32-15-19-6-5-7-24-28(19)34-17-25(36-24)20-16-35-38(18-20)13-4-2-1-3-12-33-21-8-9-22-23(14-21)31(43)39(30(22)42)26-10-11-27(40)37-29(26)41/h5-9,14,16-18,26,33H,1-4,10-13H2,(H,37,40,41). The molecular weight excluding hydrogens is 548 g/mol. The quantitative estimate of drug-likeness (QED) is 0.213. The van der Waals surface area contributed by atoms with Crippen molar-refractivity contribution in [2.24, 2.45) is 0 Å².